The van der Waals surface area contributed by atoms with Crippen molar-refractivity contribution < 1.29 is 19.0 Å². The minimum Gasteiger partial charge on any atom is -0.465 e. The highest BCUT2D eigenvalue weighted by Crippen LogP contribution is 2.45. The lowest BCUT2D eigenvalue weighted by molar-refractivity contribution is -0.187. The van der Waals surface area contributed by atoms with Gasteiger partial charge >= 0.3 is 5.97 Å². The number of carbonyl (C=O) groups is 1. The van der Waals surface area contributed by atoms with Crippen LogP contribution in [0.4, 0.5) is 0 Å². The second-order valence-corrected chi connectivity index (χ2v) is 6.65. The summed E-state index contributed by atoms with van der Waals surface area (Å²) in [6, 6.07) is 0. The van der Waals surface area contributed by atoms with Gasteiger partial charge in [0.15, 0.2) is 6.29 Å². The van der Waals surface area contributed by atoms with Crippen molar-refractivity contribution in [2.75, 3.05) is 13.7 Å². The molecule has 0 aromatic carbocycles. The van der Waals surface area contributed by atoms with E-state index in [1.54, 1.807) is 7.11 Å². The molecule has 3 aliphatic rings. The maximum Gasteiger partial charge on any atom is 0.308 e. The van der Waals surface area contributed by atoms with Gasteiger partial charge in [-0.1, -0.05) is 31.4 Å². The molecule has 3 rings (SSSR count). The van der Waals surface area contributed by atoms with Crippen molar-refractivity contribution in [3.8, 4) is 0 Å². The molecule has 2 saturated carbocycles. The first-order valence-corrected chi connectivity index (χ1v) is 8.22. The van der Waals surface area contributed by atoms with E-state index in [1.807, 2.05) is 0 Å². The maximum absolute atomic E-state index is 12.2. The van der Waals surface area contributed by atoms with Gasteiger partial charge < -0.3 is 14.2 Å². The Bertz CT molecular complexity index is 400. The molecule has 21 heavy (non-hydrogen) atoms. The van der Waals surface area contributed by atoms with Crippen LogP contribution in [0.5, 0.6) is 0 Å². The van der Waals surface area contributed by atoms with Crippen molar-refractivity contribution in [1.82, 2.24) is 0 Å². The Kier molecular flexibility index (Phi) is 4.65. The van der Waals surface area contributed by atoms with Gasteiger partial charge in [-0.25, -0.2) is 0 Å². The number of methoxy groups -OCH3 is 1. The Morgan fingerprint density at radius 2 is 2.05 bits per heavy atom. The molecular formula is C17H26O4. The Morgan fingerprint density at radius 3 is 2.76 bits per heavy atom. The Balaban J connectivity index is 1.53. The lowest BCUT2D eigenvalue weighted by Gasteiger charge is -2.28. The van der Waals surface area contributed by atoms with Gasteiger partial charge in [0.05, 0.1) is 12.0 Å². The fourth-order valence-electron chi connectivity index (χ4n) is 4.01. The van der Waals surface area contributed by atoms with Crippen LogP contribution in [0.3, 0.4) is 0 Å². The average molecular weight is 294 g/mol. The van der Waals surface area contributed by atoms with E-state index in [4.69, 9.17) is 14.2 Å². The summed E-state index contributed by atoms with van der Waals surface area (Å²) < 4.78 is 16.8. The van der Waals surface area contributed by atoms with Gasteiger partial charge in [-0.3, -0.25) is 4.79 Å². The minimum absolute atomic E-state index is 0.0211. The monoisotopic (exact) mass is 294 g/mol. The number of hydrogen-bond donors (Lipinski definition) is 0. The lowest BCUT2D eigenvalue weighted by Crippen LogP contribution is -2.32. The van der Waals surface area contributed by atoms with E-state index in [2.05, 4.69) is 6.58 Å². The molecule has 1 heterocycles. The number of esters is 1. The summed E-state index contributed by atoms with van der Waals surface area (Å²) in [7, 11) is 1.68. The number of ether oxygens (including phenoxy) is 3. The molecule has 3 fully saturated rings. The van der Waals surface area contributed by atoms with Crippen molar-refractivity contribution in [3.63, 3.8) is 0 Å². The Morgan fingerprint density at radius 1 is 1.29 bits per heavy atom. The predicted octanol–water partition coefficient (Wildman–Crippen LogP) is 3.06. The van der Waals surface area contributed by atoms with Crippen molar-refractivity contribution in [1.29, 1.82) is 0 Å². The summed E-state index contributed by atoms with van der Waals surface area (Å²) in [5.74, 6) is 0.683. The molecule has 2 bridgehead atoms. The number of rotatable bonds is 4. The quantitative estimate of drug-likeness (QED) is 0.590. The van der Waals surface area contributed by atoms with Gasteiger partial charge in [-0.15, -0.1) is 0 Å². The first kappa shape index (κ1) is 15.0. The summed E-state index contributed by atoms with van der Waals surface area (Å²) in [6.07, 6.45) is 7.35. The van der Waals surface area contributed by atoms with E-state index in [0.717, 1.165) is 38.5 Å². The molecule has 0 radical (unpaired) electrons. The van der Waals surface area contributed by atoms with E-state index in [0.29, 0.717) is 12.5 Å². The molecule has 0 aromatic rings. The van der Waals surface area contributed by atoms with E-state index in [1.165, 1.54) is 12.0 Å². The average Bonchev–Trinajstić information content (AvgIpc) is 2.75. The standard InChI is InChI=1S/C17H26O4/c1-11-13-8-15(21-16(9-13)19-2)14(11)10-20-17(18)12-6-4-3-5-7-12/h12-16H,1,3-10H2,2H3/t13-,14?,15-,16-/m0/s1. The second kappa shape index (κ2) is 6.49. The minimum atomic E-state index is -0.135. The maximum atomic E-state index is 12.2. The van der Waals surface area contributed by atoms with Gasteiger partial charge in [-0.2, -0.15) is 0 Å². The van der Waals surface area contributed by atoms with Crippen molar-refractivity contribution in [2.24, 2.45) is 17.8 Å². The Hall–Kier alpha value is -0.870. The molecular weight excluding hydrogens is 268 g/mol. The molecule has 4 nitrogen and oxygen atoms in total. The SMILES string of the molecule is C=C1C(COC(=O)C2CCCCC2)[C@@H]2C[C@H]1C[C@@H](OC)O2. The first-order valence-electron chi connectivity index (χ1n) is 8.22. The zero-order valence-electron chi connectivity index (χ0n) is 12.9. The smallest absolute Gasteiger partial charge is 0.308 e. The van der Waals surface area contributed by atoms with Crippen molar-refractivity contribution in [3.05, 3.63) is 12.2 Å². The molecule has 4 atom stereocenters. The molecule has 2 aliphatic carbocycles. The summed E-state index contributed by atoms with van der Waals surface area (Å²) in [5.41, 5.74) is 1.18. The van der Waals surface area contributed by atoms with Gasteiger partial charge in [-0.05, 0) is 25.2 Å². The lowest BCUT2D eigenvalue weighted by atomic mass is 9.89. The normalized spacial score (nSPS) is 36.7. The van der Waals surface area contributed by atoms with Gasteiger partial charge in [0.25, 0.3) is 0 Å². The van der Waals surface area contributed by atoms with Gasteiger partial charge in [0.2, 0.25) is 0 Å². The third-order valence-corrected chi connectivity index (χ3v) is 5.38. The molecule has 0 amide bonds. The highest BCUT2D eigenvalue weighted by molar-refractivity contribution is 5.72. The summed E-state index contributed by atoms with van der Waals surface area (Å²) >= 11 is 0. The van der Waals surface area contributed by atoms with Crippen LogP contribution in [-0.4, -0.2) is 32.1 Å². The Labute approximate surface area is 126 Å². The topological polar surface area (TPSA) is 44.8 Å². The fourth-order valence-corrected chi connectivity index (χ4v) is 4.01. The van der Waals surface area contributed by atoms with Crippen LogP contribution in [0.2, 0.25) is 0 Å². The third kappa shape index (κ3) is 3.16. The van der Waals surface area contributed by atoms with Gasteiger partial charge in [0.1, 0.15) is 6.61 Å². The van der Waals surface area contributed by atoms with Crippen LogP contribution in [0, 0.1) is 17.8 Å². The van der Waals surface area contributed by atoms with Crippen LogP contribution in [0.1, 0.15) is 44.9 Å². The molecule has 1 unspecified atom stereocenters. The van der Waals surface area contributed by atoms with E-state index in [9.17, 15) is 4.79 Å². The largest absolute Gasteiger partial charge is 0.465 e. The number of fused-ring (bicyclic) bond motifs is 2. The first-order chi connectivity index (χ1) is 10.2. The van der Waals surface area contributed by atoms with E-state index < -0.39 is 0 Å². The van der Waals surface area contributed by atoms with Crippen LogP contribution >= 0.6 is 0 Å². The molecule has 0 spiro atoms. The van der Waals surface area contributed by atoms with Crippen LogP contribution < -0.4 is 0 Å². The van der Waals surface area contributed by atoms with E-state index in [-0.39, 0.29) is 30.2 Å². The number of hydrogen-bond acceptors (Lipinski definition) is 4. The summed E-state index contributed by atoms with van der Waals surface area (Å²) in [5, 5.41) is 0. The zero-order chi connectivity index (χ0) is 14.8. The van der Waals surface area contributed by atoms with E-state index >= 15 is 0 Å². The highest BCUT2D eigenvalue weighted by Gasteiger charge is 2.45. The summed E-state index contributed by atoms with van der Waals surface area (Å²) in [4.78, 5) is 12.2. The molecule has 1 saturated heterocycles. The van der Waals surface area contributed by atoms with Gasteiger partial charge in [0, 0.05) is 19.4 Å². The van der Waals surface area contributed by atoms with Crippen LogP contribution in [-0.2, 0) is 19.0 Å². The van der Waals surface area contributed by atoms with Crippen molar-refractivity contribution >= 4 is 5.97 Å². The fraction of sp³-hybridized carbons (Fsp3) is 0.824. The molecule has 1 aliphatic heterocycles. The van der Waals surface area contributed by atoms with Crippen LogP contribution in [0.25, 0.3) is 0 Å². The van der Waals surface area contributed by atoms with Crippen molar-refractivity contribution in [2.45, 2.75) is 57.3 Å². The van der Waals surface area contributed by atoms with Crippen LogP contribution in [0.15, 0.2) is 12.2 Å². The highest BCUT2D eigenvalue weighted by atomic mass is 16.7. The second-order valence-electron chi connectivity index (χ2n) is 6.65. The summed E-state index contributed by atoms with van der Waals surface area (Å²) in [6.45, 7) is 4.63. The zero-order valence-corrected chi connectivity index (χ0v) is 12.9. The number of carbonyl (C=O) groups excluding carboxylic acids is 1. The molecule has 0 N–H and O–H groups in total. The molecule has 0 aromatic heterocycles. The molecule has 118 valence electrons. The molecule has 4 heteroatoms. The predicted molar refractivity (Wildman–Crippen MR) is 78.6 cm³/mol. The third-order valence-electron chi connectivity index (χ3n) is 5.38.